The van der Waals surface area contributed by atoms with Crippen molar-refractivity contribution in [2.45, 2.75) is 207 Å². The molecule has 0 atom stereocenters. The van der Waals surface area contributed by atoms with Gasteiger partial charge in [0.2, 0.25) is 0 Å². The van der Waals surface area contributed by atoms with Gasteiger partial charge in [0.25, 0.3) is 0 Å². The van der Waals surface area contributed by atoms with Crippen LogP contribution in [0.25, 0.3) is 64.6 Å². The van der Waals surface area contributed by atoms with Crippen LogP contribution in [0.3, 0.4) is 0 Å². The summed E-state index contributed by atoms with van der Waals surface area (Å²) in [6, 6.07) is 22.8. The van der Waals surface area contributed by atoms with Gasteiger partial charge in [0.15, 0.2) is 46.5 Å². The molecular weight excluding hydrogens is 969 g/mol. The number of fused-ring (bicyclic) bond motifs is 6. The second-order valence-corrected chi connectivity index (χ2v) is 21.5. The molecule has 0 bridgehead atoms. The highest BCUT2D eigenvalue weighted by Gasteiger charge is 2.25. The molecule has 76 heavy (non-hydrogen) atoms. The van der Waals surface area contributed by atoms with Gasteiger partial charge in [-0.2, -0.15) is 0 Å². The summed E-state index contributed by atoms with van der Waals surface area (Å²) in [6.07, 6.45) is 30.9. The van der Waals surface area contributed by atoms with Crippen molar-refractivity contribution in [3.8, 4) is 0 Å². The number of aryl methyl sites for hydroxylation is 4. The lowest BCUT2D eigenvalue weighted by atomic mass is 9.86. The van der Waals surface area contributed by atoms with E-state index in [2.05, 4.69) is 52.0 Å². The third-order valence-electron chi connectivity index (χ3n) is 16.0. The summed E-state index contributed by atoms with van der Waals surface area (Å²) < 4.78 is 116. The third kappa shape index (κ3) is 13.5. The molecule has 8 aromatic rings. The first-order valence-corrected chi connectivity index (χ1v) is 29.2. The molecule has 0 unspecified atom stereocenters. The Labute approximate surface area is 447 Å². The Kier molecular flexibility index (Phi) is 22.3. The predicted molar refractivity (Wildman–Crippen MR) is 306 cm³/mol. The fraction of sp³-hybridized carbons (Fsp3) is 0.471. The molecule has 0 saturated carbocycles. The minimum Gasteiger partial charge on any atom is -0.203 e. The summed E-state index contributed by atoms with van der Waals surface area (Å²) in [4.78, 5) is 0. The molecule has 0 aromatic heterocycles. The average Bonchev–Trinajstić information content (AvgIpc) is 3.45. The van der Waals surface area contributed by atoms with Gasteiger partial charge in [0, 0.05) is 21.5 Å². The van der Waals surface area contributed by atoms with E-state index in [0.29, 0.717) is 0 Å². The first-order valence-electron chi connectivity index (χ1n) is 29.2. The van der Waals surface area contributed by atoms with Gasteiger partial charge in [-0.3, -0.25) is 0 Å². The lowest BCUT2D eigenvalue weighted by molar-refractivity contribution is 0.418. The van der Waals surface area contributed by atoms with Crippen molar-refractivity contribution in [1.82, 2.24) is 0 Å². The van der Waals surface area contributed by atoms with Crippen LogP contribution in [-0.4, -0.2) is 0 Å². The molecule has 0 amide bonds. The second-order valence-electron chi connectivity index (χ2n) is 21.5. The van der Waals surface area contributed by atoms with E-state index < -0.39 is 46.5 Å². The van der Waals surface area contributed by atoms with Crippen LogP contribution in [0.15, 0.2) is 72.8 Å². The van der Waals surface area contributed by atoms with E-state index in [9.17, 15) is 35.1 Å². The molecule has 0 aliphatic heterocycles. The maximum absolute atomic E-state index is 14.9. The molecule has 0 aliphatic rings. The van der Waals surface area contributed by atoms with Gasteiger partial charge in [0.1, 0.15) is 0 Å². The van der Waals surface area contributed by atoms with Crippen LogP contribution in [0.4, 0.5) is 35.1 Å². The minimum atomic E-state index is -1.75. The third-order valence-corrected chi connectivity index (χ3v) is 16.0. The SMILES string of the molecule is CCCCCCCCc1c2ccccc2c(CCCCCCCC)c2cc3c(F)c(F)c(F)c(F)c3cc12.CCCCCCCCc1c2ccccc2c(CCCCCCCC)c2cc3c(F)c(F)c(F)c(F)c3cc12. The highest BCUT2D eigenvalue weighted by Crippen LogP contribution is 2.42. The molecule has 0 nitrogen and oxygen atoms in total. The second kappa shape index (κ2) is 28.9. The zero-order valence-electron chi connectivity index (χ0n) is 45.8. The van der Waals surface area contributed by atoms with Crippen LogP contribution in [0.1, 0.15) is 204 Å². The van der Waals surface area contributed by atoms with Crippen LogP contribution in [0.5, 0.6) is 0 Å². The first-order chi connectivity index (χ1) is 37.0. The lowest BCUT2D eigenvalue weighted by Gasteiger charge is -2.19. The zero-order chi connectivity index (χ0) is 54.1. The topological polar surface area (TPSA) is 0 Å². The van der Waals surface area contributed by atoms with Crippen molar-refractivity contribution in [1.29, 1.82) is 0 Å². The maximum atomic E-state index is 14.9. The van der Waals surface area contributed by atoms with Gasteiger partial charge in [0.05, 0.1) is 0 Å². The summed E-state index contributed by atoms with van der Waals surface area (Å²) >= 11 is 0. The lowest BCUT2D eigenvalue weighted by Crippen LogP contribution is -2.01. The molecule has 8 rings (SSSR count). The van der Waals surface area contributed by atoms with Crippen molar-refractivity contribution in [2.75, 3.05) is 0 Å². The Morgan fingerprint density at radius 2 is 0.395 bits per heavy atom. The summed E-state index contributed by atoms with van der Waals surface area (Å²) in [7, 11) is 0. The van der Waals surface area contributed by atoms with E-state index in [1.54, 1.807) is 24.3 Å². The monoisotopic (exact) mass is 1050 g/mol. The molecule has 0 N–H and O–H groups in total. The van der Waals surface area contributed by atoms with Crippen LogP contribution >= 0.6 is 0 Å². The molecule has 0 fully saturated rings. The normalized spacial score (nSPS) is 11.8. The highest BCUT2D eigenvalue weighted by molar-refractivity contribution is 6.12. The summed E-state index contributed by atoms with van der Waals surface area (Å²) in [5, 5.41) is 7.02. The molecule has 0 radical (unpaired) electrons. The fourth-order valence-corrected chi connectivity index (χ4v) is 11.8. The molecule has 0 heterocycles. The smallest absolute Gasteiger partial charge is 0.198 e. The molecule has 0 aliphatic carbocycles. The Morgan fingerprint density at radius 3 is 0.592 bits per heavy atom. The minimum absolute atomic E-state index is 0.195. The van der Waals surface area contributed by atoms with Crippen LogP contribution in [-0.2, 0) is 25.7 Å². The van der Waals surface area contributed by atoms with E-state index in [-0.39, 0.29) is 21.5 Å². The molecule has 0 spiro atoms. The van der Waals surface area contributed by atoms with Gasteiger partial charge in [-0.05, 0) is 141 Å². The van der Waals surface area contributed by atoms with Gasteiger partial charge in [-0.1, -0.05) is 205 Å². The molecule has 408 valence electrons. The summed E-state index contributed by atoms with van der Waals surface area (Å²) in [6.45, 7) is 8.80. The molecule has 0 saturated heterocycles. The summed E-state index contributed by atoms with van der Waals surface area (Å²) in [5.74, 6) is -12.3. The van der Waals surface area contributed by atoms with E-state index in [1.807, 2.05) is 24.3 Å². The fourth-order valence-electron chi connectivity index (χ4n) is 11.8. The van der Waals surface area contributed by atoms with Crippen LogP contribution in [0, 0.1) is 46.5 Å². The standard InChI is InChI=1S/2C34H40F4/c2*1-3-5-7-9-11-13-17-25-23-19-15-16-20-24(23)26(18-14-12-10-8-6-4-2)28-22-30-29(21-27(25)28)31(35)33(37)34(38)32(30)36/h2*15-16,19-22H,3-14,17-18H2,1-2H3. The van der Waals surface area contributed by atoms with Gasteiger partial charge in [-0.15, -0.1) is 0 Å². The van der Waals surface area contributed by atoms with E-state index in [4.69, 9.17) is 0 Å². The zero-order valence-corrected chi connectivity index (χ0v) is 45.8. The number of hydrogen-bond donors (Lipinski definition) is 0. The van der Waals surface area contributed by atoms with Gasteiger partial charge >= 0.3 is 0 Å². The Balaban J connectivity index is 0.000000221. The molecule has 8 aromatic carbocycles. The molecular formula is C68H80F8. The van der Waals surface area contributed by atoms with E-state index in [0.717, 1.165) is 142 Å². The average molecular weight is 1050 g/mol. The summed E-state index contributed by atoms with van der Waals surface area (Å²) in [5.41, 5.74) is 4.35. The van der Waals surface area contributed by atoms with Crippen LogP contribution in [0.2, 0.25) is 0 Å². The number of halogens is 8. The number of hydrogen-bond acceptors (Lipinski definition) is 0. The molecule has 8 heteroatoms. The highest BCUT2D eigenvalue weighted by atomic mass is 19.2. The Morgan fingerprint density at radius 1 is 0.211 bits per heavy atom. The number of unbranched alkanes of at least 4 members (excludes halogenated alkanes) is 20. The van der Waals surface area contributed by atoms with Crippen molar-refractivity contribution < 1.29 is 35.1 Å². The predicted octanol–water partition coefficient (Wildman–Crippen LogP) is 23.0. The van der Waals surface area contributed by atoms with Gasteiger partial charge < -0.3 is 0 Å². The van der Waals surface area contributed by atoms with Crippen LogP contribution < -0.4 is 0 Å². The Hall–Kier alpha value is -5.24. The van der Waals surface area contributed by atoms with Crippen molar-refractivity contribution in [3.63, 3.8) is 0 Å². The van der Waals surface area contributed by atoms with Gasteiger partial charge in [-0.25, -0.2) is 35.1 Å². The van der Waals surface area contributed by atoms with E-state index >= 15 is 0 Å². The number of benzene rings is 8. The first kappa shape index (κ1) is 58.4. The van der Waals surface area contributed by atoms with E-state index in [1.165, 1.54) is 103 Å². The van der Waals surface area contributed by atoms with Crippen molar-refractivity contribution >= 4 is 64.6 Å². The van der Waals surface area contributed by atoms with Crippen molar-refractivity contribution in [3.05, 3.63) is 142 Å². The largest absolute Gasteiger partial charge is 0.203 e. The Bertz CT molecular complexity index is 2780. The maximum Gasteiger partial charge on any atom is 0.198 e. The quantitative estimate of drug-likeness (QED) is 0.0151. The number of rotatable bonds is 28. The van der Waals surface area contributed by atoms with Crippen molar-refractivity contribution in [2.24, 2.45) is 0 Å².